The van der Waals surface area contributed by atoms with Gasteiger partial charge in [0.15, 0.2) is 5.13 Å². The van der Waals surface area contributed by atoms with E-state index in [2.05, 4.69) is 15.6 Å². The Hall–Kier alpha value is -0.980. The number of nitrogens with zero attached hydrogens (tertiary/aromatic N) is 1. The van der Waals surface area contributed by atoms with Gasteiger partial charge in [0, 0.05) is 18.0 Å². The summed E-state index contributed by atoms with van der Waals surface area (Å²) in [7, 11) is 1.88. The Bertz CT molecular complexity index is 368. The molecule has 1 atom stereocenters. The van der Waals surface area contributed by atoms with E-state index in [0.29, 0.717) is 24.8 Å². The number of aromatic nitrogens is 1. The van der Waals surface area contributed by atoms with E-state index in [4.69, 9.17) is 4.74 Å². The molecule has 2 N–H and O–H groups in total. The Balaban J connectivity index is 2.33. The summed E-state index contributed by atoms with van der Waals surface area (Å²) in [6, 6.07) is 0.194. The smallest absolute Gasteiger partial charge is 0.228 e. The van der Waals surface area contributed by atoms with Gasteiger partial charge < -0.3 is 15.4 Å². The Morgan fingerprint density at radius 2 is 2.33 bits per heavy atom. The first kappa shape index (κ1) is 15.1. The van der Waals surface area contributed by atoms with Crippen molar-refractivity contribution in [3.8, 4) is 0 Å². The van der Waals surface area contributed by atoms with Gasteiger partial charge in [0.05, 0.1) is 18.7 Å². The predicted octanol–water partition coefficient (Wildman–Crippen LogP) is 2.18. The molecule has 0 aliphatic rings. The zero-order valence-electron chi connectivity index (χ0n) is 11.2. The Morgan fingerprint density at radius 1 is 1.56 bits per heavy atom. The molecule has 102 valence electrons. The van der Waals surface area contributed by atoms with Crippen molar-refractivity contribution in [2.45, 2.75) is 32.7 Å². The van der Waals surface area contributed by atoms with Gasteiger partial charge in [-0.15, -0.1) is 11.3 Å². The number of rotatable bonds is 8. The molecule has 0 aromatic carbocycles. The molecule has 6 heteroatoms. The number of carbonyl (C=O) groups excluding carboxylic acids is 1. The zero-order valence-corrected chi connectivity index (χ0v) is 12.0. The molecule has 0 aliphatic heterocycles. The molecule has 0 radical (unpaired) electrons. The molecule has 0 spiro atoms. The molecule has 1 amide bonds. The van der Waals surface area contributed by atoms with Crippen molar-refractivity contribution >= 4 is 22.4 Å². The van der Waals surface area contributed by atoms with Crippen LogP contribution in [0, 0.1) is 0 Å². The highest BCUT2D eigenvalue weighted by molar-refractivity contribution is 7.13. The van der Waals surface area contributed by atoms with Gasteiger partial charge in [-0.1, -0.05) is 6.92 Å². The first-order chi connectivity index (χ1) is 8.67. The van der Waals surface area contributed by atoms with Crippen LogP contribution in [0.25, 0.3) is 0 Å². The molecule has 1 unspecified atom stereocenters. The normalized spacial score (nSPS) is 12.4. The van der Waals surface area contributed by atoms with Crippen LogP contribution >= 0.6 is 11.3 Å². The molecule has 0 saturated carbocycles. The highest BCUT2D eigenvalue weighted by Gasteiger charge is 2.10. The predicted molar refractivity (Wildman–Crippen MR) is 73.9 cm³/mol. The second-order valence-electron chi connectivity index (χ2n) is 4.00. The zero-order chi connectivity index (χ0) is 13.4. The van der Waals surface area contributed by atoms with Crippen LogP contribution in [0.5, 0.6) is 0 Å². The molecular formula is C12H21N3O2S. The third kappa shape index (κ3) is 5.12. The quantitative estimate of drug-likeness (QED) is 0.711. The van der Waals surface area contributed by atoms with Gasteiger partial charge in [-0.2, -0.15) is 0 Å². The molecule has 18 heavy (non-hydrogen) atoms. The van der Waals surface area contributed by atoms with Gasteiger partial charge >= 0.3 is 0 Å². The summed E-state index contributed by atoms with van der Waals surface area (Å²) in [4.78, 5) is 15.9. The summed E-state index contributed by atoms with van der Waals surface area (Å²) in [6.45, 7) is 5.23. The molecule has 1 aromatic heterocycles. The minimum Gasteiger partial charge on any atom is -0.381 e. The lowest BCUT2D eigenvalue weighted by Gasteiger charge is -2.05. The average Bonchev–Trinajstić information content (AvgIpc) is 2.82. The van der Waals surface area contributed by atoms with Crippen molar-refractivity contribution in [1.29, 1.82) is 0 Å². The maximum atomic E-state index is 11.6. The average molecular weight is 271 g/mol. The molecular weight excluding hydrogens is 250 g/mol. The highest BCUT2D eigenvalue weighted by Crippen LogP contribution is 2.20. The van der Waals surface area contributed by atoms with Crippen LogP contribution in [0.4, 0.5) is 5.13 Å². The lowest BCUT2D eigenvalue weighted by molar-refractivity contribution is -0.117. The van der Waals surface area contributed by atoms with Crippen molar-refractivity contribution in [3.63, 3.8) is 0 Å². The number of amides is 1. The molecule has 1 heterocycles. The second-order valence-corrected chi connectivity index (χ2v) is 4.86. The number of thiazole rings is 1. The van der Waals surface area contributed by atoms with E-state index >= 15 is 0 Å². The summed E-state index contributed by atoms with van der Waals surface area (Å²) in [5.74, 6) is -0.0517. The fourth-order valence-corrected chi connectivity index (χ4v) is 2.10. The van der Waals surface area contributed by atoms with Gasteiger partial charge in [-0.05, 0) is 20.4 Å². The lowest BCUT2D eigenvalue weighted by Crippen LogP contribution is -2.15. The summed E-state index contributed by atoms with van der Waals surface area (Å²) in [5.41, 5.74) is 0.944. The van der Waals surface area contributed by atoms with Crippen molar-refractivity contribution in [2.24, 2.45) is 0 Å². The van der Waals surface area contributed by atoms with Gasteiger partial charge in [0.2, 0.25) is 5.91 Å². The van der Waals surface area contributed by atoms with Crippen LogP contribution in [-0.2, 0) is 9.53 Å². The summed E-state index contributed by atoms with van der Waals surface area (Å²) in [6.07, 6.45) is 1.34. The molecule has 5 nitrogen and oxygen atoms in total. The monoisotopic (exact) mass is 271 g/mol. The van der Waals surface area contributed by atoms with Gasteiger partial charge in [0.1, 0.15) is 0 Å². The summed E-state index contributed by atoms with van der Waals surface area (Å²) >= 11 is 1.44. The topological polar surface area (TPSA) is 63.2 Å². The lowest BCUT2D eigenvalue weighted by atomic mass is 10.3. The van der Waals surface area contributed by atoms with Crippen LogP contribution < -0.4 is 10.6 Å². The molecule has 0 aliphatic carbocycles. The molecule has 0 bridgehead atoms. The van der Waals surface area contributed by atoms with Crippen LogP contribution in [0.3, 0.4) is 0 Å². The standard InChI is InChI=1S/C12H21N3O2S/c1-4-6-17-7-5-11(16)15-12-14-10(8-18-12)9(2)13-3/h8-9,13H,4-7H2,1-3H3,(H,14,15,16). The van der Waals surface area contributed by atoms with E-state index in [1.807, 2.05) is 26.3 Å². The molecule has 0 saturated heterocycles. The summed E-state index contributed by atoms with van der Waals surface area (Å²) in [5, 5.41) is 8.48. The van der Waals surface area contributed by atoms with Crippen molar-refractivity contribution in [2.75, 3.05) is 25.6 Å². The van der Waals surface area contributed by atoms with Gasteiger partial charge in [-0.25, -0.2) is 4.98 Å². The minimum absolute atomic E-state index is 0.0517. The van der Waals surface area contributed by atoms with Gasteiger partial charge in [0.25, 0.3) is 0 Å². The fourth-order valence-electron chi connectivity index (χ4n) is 1.28. The van der Waals surface area contributed by atoms with Crippen molar-refractivity contribution in [3.05, 3.63) is 11.1 Å². The minimum atomic E-state index is -0.0517. The molecule has 0 fully saturated rings. The highest BCUT2D eigenvalue weighted by atomic mass is 32.1. The number of nitrogens with one attached hydrogen (secondary N) is 2. The SMILES string of the molecule is CCCOCCC(=O)Nc1nc(C(C)NC)cs1. The number of hydrogen-bond donors (Lipinski definition) is 2. The van der Waals surface area contributed by atoms with E-state index < -0.39 is 0 Å². The number of ether oxygens (including phenoxy) is 1. The van der Waals surface area contributed by atoms with Crippen LogP contribution in [0.2, 0.25) is 0 Å². The Morgan fingerprint density at radius 3 is 3.00 bits per heavy atom. The largest absolute Gasteiger partial charge is 0.381 e. The van der Waals surface area contributed by atoms with Crippen molar-refractivity contribution < 1.29 is 9.53 Å². The Labute approximate surface area is 112 Å². The first-order valence-corrected chi connectivity index (χ1v) is 7.05. The third-order valence-electron chi connectivity index (χ3n) is 2.47. The van der Waals surface area contributed by atoms with Gasteiger partial charge in [-0.3, -0.25) is 4.79 Å². The molecule has 1 aromatic rings. The van der Waals surface area contributed by atoms with E-state index in [9.17, 15) is 4.79 Å². The third-order valence-corrected chi connectivity index (χ3v) is 3.24. The molecule has 1 rings (SSSR count). The fraction of sp³-hybridized carbons (Fsp3) is 0.667. The number of hydrogen-bond acceptors (Lipinski definition) is 5. The van der Waals surface area contributed by atoms with Crippen LogP contribution in [0.1, 0.15) is 38.4 Å². The Kier molecular flexibility index (Phi) is 6.85. The van der Waals surface area contributed by atoms with E-state index in [0.717, 1.165) is 12.1 Å². The number of anilines is 1. The maximum Gasteiger partial charge on any atom is 0.228 e. The van der Waals surface area contributed by atoms with Crippen LogP contribution in [-0.4, -0.2) is 31.2 Å². The van der Waals surface area contributed by atoms with E-state index in [-0.39, 0.29) is 11.9 Å². The second kappa shape index (κ2) is 8.18. The maximum absolute atomic E-state index is 11.6. The number of carbonyl (C=O) groups is 1. The summed E-state index contributed by atoms with van der Waals surface area (Å²) < 4.78 is 5.26. The van der Waals surface area contributed by atoms with E-state index in [1.165, 1.54) is 11.3 Å². The van der Waals surface area contributed by atoms with Crippen molar-refractivity contribution in [1.82, 2.24) is 10.3 Å². The van der Waals surface area contributed by atoms with Crippen LogP contribution in [0.15, 0.2) is 5.38 Å². The van der Waals surface area contributed by atoms with E-state index in [1.54, 1.807) is 0 Å². The first-order valence-electron chi connectivity index (χ1n) is 6.17.